The average Bonchev–Trinajstić information content (AvgIpc) is 3.29. The van der Waals surface area contributed by atoms with Crippen LogP contribution in [0.25, 0.3) is 5.78 Å². The van der Waals surface area contributed by atoms with Gasteiger partial charge in [-0.05, 0) is 26.0 Å². The van der Waals surface area contributed by atoms with E-state index in [4.69, 9.17) is 4.74 Å². The van der Waals surface area contributed by atoms with E-state index >= 15 is 0 Å². The Kier molecular flexibility index (Phi) is 4.54. The van der Waals surface area contributed by atoms with Crippen molar-refractivity contribution in [1.29, 1.82) is 0 Å². The molecule has 0 N–H and O–H groups in total. The van der Waals surface area contributed by atoms with Crippen LogP contribution < -0.4 is 9.64 Å². The van der Waals surface area contributed by atoms with Crippen LogP contribution in [-0.2, 0) is 0 Å². The molecular formula is C18H22N8O2. The average molecular weight is 382 g/mol. The van der Waals surface area contributed by atoms with Crippen LogP contribution in [0.2, 0.25) is 0 Å². The molecular weight excluding hydrogens is 360 g/mol. The molecule has 1 aliphatic rings. The summed E-state index contributed by atoms with van der Waals surface area (Å²) in [7, 11) is 3.80. The number of aryl methyl sites for hydroxylation is 2. The predicted octanol–water partition coefficient (Wildman–Crippen LogP) is 0.891. The van der Waals surface area contributed by atoms with E-state index < -0.39 is 0 Å². The van der Waals surface area contributed by atoms with Crippen molar-refractivity contribution in [2.24, 2.45) is 0 Å². The van der Waals surface area contributed by atoms with Gasteiger partial charge in [0.2, 0.25) is 11.7 Å². The first kappa shape index (κ1) is 18.1. The monoisotopic (exact) mass is 382 g/mol. The second-order valence-corrected chi connectivity index (χ2v) is 7.09. The summed E-state index contributed by atoms with van der Waals surface area (Å²) in [6.45, 7) is 4.83. The standard InChI is InChI=1S/C18H22N8O2/c1-11-9-12(2)26-18(19-11)20-16(23-26)17(27)25-8-7-13(10-25)28-15-6-5-14(21-22-15)24(3)4/h5-6,9,13H,7-8,10H2,1-4H3. The molecule has 1 amide bonds. The van der Waals surface area contributed by atoms with Gasteiger partial charge in [-0.2, -0.15) is 4.98 Å². The van der Waals surface area contributed by atoms with Gasteiger partial charge in [-0.15, -0.1) is 15.3 Å². The quantitative estimate of drug-likeness (QED) is 0.656. The molecule has 1 saturated heterocycles. The highest BCUT2D eigenvalue weighted by atomic mass is 16.5. The van der Waals surface area contributed by atoms with Crippen molar-refractivity contribution in [3.63, 3.8) is 0 Å². The Bertz CT molecular complexity index is 1010. The lowest BCUT2D eigenvalue weighted by molar-refractivity contribution is 0.0759. The Hall–Kier alpha value is -3.30. The van der Waals surface area contributed by atoms with Gasteiger partial charge < -0.3 is 14.5 Å². The van der Waals surface area contributed by atoms with Gasteiger partial charge in [-0.3, -0.25) is 4.79 Å². The van der Waals surface area contributed by atoms with Crippen LogP contribution >= 0.6 is 0 Å². The van der Waals surface area contributed by atoms with Crippen molar-refractivity contribution in [2.45, 2.75) is 26.4 Å². The molecule has 1 unspecified atom stereocenters. The normalized spacial score (nSPS) is 16.6. The molecule has 0 aliphatic carbocycles. The smallest absolute Gasteiger partial charge is 0.293 e. The van der Waals surface area contributed by atoms with E-state index in [1.165, 1.54) is 0 Å². The number of aromatic nitrogens is 6. The number of nitrogens with zero attached hydrogens (tertiary/aromatic N) is 8. The summed E-state index contributed by atoms with van der Waals surface area (Å²) in [6.07, 6.45) is 0.578. The summed E-state index contributed by atoms with van der Waals surface area (Å²) >= 11 is 0. The molecule has 1 aliphatic heterocycles. The predicted molar refractivity (Wildman–Crippen MR) is 102 cm³/mol. The van der Waals surface area contributed by atoms with Crippen molar-refractivity contribution in [3.8, 4) is 5.88 Å². The number of fused-ring (bicyclic) bond motifs is 1. The van der Waals surface area contributed by atoms with Crippen LogP contribution in [0, 0.1) is 13.8 Å². The zero-order chi connectivity index (χ0) is 19.8. The van der Waals surface area contributed by atoms with E-state index in [0.29, 0.717) is 31.2 Å². The van der Waals surface area contributed by atoms with Crippen molar-refractivity contribution in [1.82, 2.24) is 34.7 Å². The van der Waals surface area contributed by atoms with Crippen LogP contribution in [0.1, 0.15) is 28.4 Å². The minimum atomic E-state index is -0.220. The maximum atomic E-state index is 12.8. The first-order chi connectivity index (χ1) is 13.4. The van der Waals surface area contributed by atoms with Crippen molar-refractivity contribution in [3.05, 3.63) is 35.4 Å². The number of ether oxygens (including phenoxy) is 1. The molecule has 0 radical (unpaired) electrons. The van der Waals surface area contributed by atoms with E-state index in [2.05, 4.69) is 25.3 Å². The van der Waals surface area contributed by atoms with E-state index in [9.17, 15) is 4.79 Å². The molecule has 0 aromatic carbocycles. The Morgan fingerprint density at radius 2 is 2.04 bits per heavy atom. The summed E-state index contributed by atoms with van der Waals surface area (Å²) in [4.78, 5) is 25.0. The third-order valence-corrected chi connectivity index (χ3v) is 4.61. The van der Waals surface area contributed by atoms with Gasteiger partial charge in [-0.1, -0.05) is 0 Å². The maximum absolute atomic E-state index is 12.8. The van der Waals surface area contributed by atoms with Gasteiger partial charge in [0.1, 0.15) is 6.10 Å². The Morgan fingerprint density at radius 3 is 2.75 bits per heavy atom. The summed E-state index contributed by atoms with van der Waals surface area (Å²) < 4.78 is 7.47. The Balaban J connectivity index is 1.43. The van der Waals surface area contributed by atoms with Crippen LogP contribution in [0.3, 0.4) is 0 Å². The lowest BCUT2D eigenvalue weighted by Crippen LogP contribution is -2.31. The van der Waals surface area contributed by atoms with Crippen molar-refractivity contribution < 1.29 is 9.53 Å². The highest BCUT2D eigenvalue weighted by Gasteiger charge is 2.31. The summed E-state index contributed by atoms with van der Waals surface area (Å²) in [6, 6.07) is 5.53. The first-order valence-electron chi connectivity index (χ1n) is 9.09. The van der Waals surface area contributed by atoms with Gasteiger partial charge >= 0.3 is 0 Å². The lowest BCUT2D eigenvalue weighted by Gasteiger charge is -2.15. The molecule has 28 heavy (non-hydrogen) atoms. The minimum absolute atomic E-state index is 0.136. The van der Waals surface area contributed by atoms with Crippen molar-refractivity contribution in [2.75, 3.05) is 32.1 Å². The second-order valence-electron chi connectivity index (χ2n) is 7.09. The first-order valence-corrected chi connectivity index (χ1v) is 9.09. The van der Waals surface area contributed by atoms with Crippen molar-refractivity contribution >= 4 is 17.5 Å². The minimum Gasteiger partial charge on any atom is -0.471 e. The number of carbonyl (C=O) groups is 1. The molecule has 0 spiro atoms. The number of rotatable bonds is 4. The lowest BCUT2D eigenvalue weighted by atomic mass is 10.3. The molecule has 1 atom stereocenters. The summed E-state index contributed by atoms with van der Waals surface area (Å²) in [5, 5.41) is 12.5. The van der Waals surface area contributed by atoms with E-state index in [1.807, 2.05) is 45.0 Å². The Labute approximate surface area is 162 Å². The fraction of sp³-hybridized carbons (Fsp3) is 0.444. The molecule has 4 rings (SSSR count). The molecule has 1 fully saturated rings. The number of carbonyl (C=O) groups excluding carboxylic acids is 1. The third kappa shape index (κ3) is 3.45. The maximum Gasteiger partial charge on any atom is 0.293 e. The van der Waals surface area contributed by atoms with Crippen LogP contribution in [0.15, 0.2) is 18.2 Å². The number of amides is 1. The highest BCUT2D eigenvalue weighted by Crippen LogP contribution is 2.19. The van der Waals surface area contributed by atoms with E-state index in [-0.39, 0.29) is 17.8 Å². The van der Waals surface area contributed by atoms with Crippen LogP contribution in [0.5, 0.6) is 5.88 Å². The highest BCUT2D eigenvalue weighted by molar-refractivity contribution is 5.91. The van der Waals surface area contributed by atoms with E-state index in [1.54, 1.807) is 15.5 Å². The topological polar surface area (TPSA) is 102 Å². The van der Waals surface area contributed by atoms with Crippen LogP contribution in [-0.4, -0.2) is 73.9 Å². The molecule has 0 saturated carbocycles. The fourth-order valence-corrected chi connectivity index (χ4v) is 3.19. The molecule has 4 heterocycles. The summed E-state index contributed by atoms with van der Waals surface area (Å²) in [5.41, 5.74) is 1.73. The summed E-state index contributed by atoms with van der Waals surface area (Å²) in [5.74, 6) is 1.57. The Morgan fingerprint density at radius 1 is 1.21 bits per heavy atom. The molecule has 146 valence electrons. The SMILES string of the molecule is Cc1cc(C)n2nc(C(=O)N3CCC(Oc4ccc(N(C)C)nn4)C3)nc2n1. The number of hydrogen-bond donors (Lipinski definition) is 0. The third-order valence-electron chi connectivity index (χ3n) is 4.61. The van der Waals surface area contributed by atoms with E-state index in [0.717, 1.165) is 17.2 Å². The van der Waals surface area contributed by atoms with Crippen LogP contribution in [0.4, 0.5) is 5.82 Å². The molecule has 0 bridgehead atoms. The molecule has 3 aromatic rings. The number of likely N-dealkylation sites (tertiary alicyclic amines) is 1. The molecule has 10 nitrogen and oxygen atoms in total. The molecule has 10 heteroatoms. The zero-order valence-corrected chi connectivity index (χ0v) is 16.3. The van der Waals surface area contributed by atoms with Gasteiger partial charge in [0.25, 0.3) is 11.7 Å². The zero-order valence-electron chi connectivity index (χ0n) is 16.3. The number of anilines is 1. The largest absolute Gasteiger partial charge is 0.471 e. The van der Waals surface area contributed by atoms with Gasteiger partial charge in [-0.25, -0.2) is 9.50 Å². The van der Waals surface area contributed by atoms with Gasteiger partial charge in [0.15, 0.2) is 5.82 Å². The second kappa shape index (κ2) is 7.02. The van der Waals surface area contributed by atoms with Gasteiger partial charge in [0.05, 0.1) is 6.54 Å². The number of hydrogen-bond acceptors (Lipinski definition) is 8. The fourth-order valence-electron chi connectivity index (χ4n) is 3.19. The van der Waals surface area contributed by atoms with Gasteiger partial charge in [0, 0.05) is 44.5 Å². The molecule has 3 aromatic heterocycles.